The third-order valence-corrected chi connectivity index (χ3v) is 2.33. The minimum atomic E-state index is 0.0910. The van der Waals surface area contributed by atoms with Gasteiger partial charge in [0.2, 0.25) is 5.91 Å². The first-order valence-electron chi connectivity index (χ1n) is 4.48. The Labute approximate surface area is 77.1 Å². The Morgan fingerprint density at radius 1 is 1.62 bits per heavy atom. The highest BCUT2D eigenvalue weighted by molar-refractivity contribution is 5.90. The van der Waals surface area contributed by atoms with E-state index in [9.17, 15) is 4.79 Å². The van der Waals surface area contributed by atoms with E-state index in [1.165, 1.54) is 0 Å². The number of hydrogen-bond donors (Lipinski definition) is 0. The molecule has 4 nitrogen and oxygen atoms in total. The number of aromatic nitrogens is 2. The zero-order valence-electron chi connectivity index (χ0n) is 7.90. The van der Waals surface area contributed by atoms with Crippen LogP contribution in [0.3, 0.4) is 0 Å². The van der Waals surface area contributed by atoms with Crippen molar-refractivity contribution in [1.82, 2.24) is 9.78 Å². The second-order valence-corrected chi connectivity index (χ2v) is 3.61. The zero-order valence-corrected chi connectivity index (χ0v) is 7.90. The first-order valence-corrected chi connectivity index (χ1v) is 4.48. The smallest absolute Gasteiger partial charge is 0.225 e. The lowest BCUT2D eigenvalue weighted by atomic mass is 10.1. The largest absolute Gasteiger partial charge is 0.297 e. The van der Waals surface area contributed by atoms with Crippen molar-refractivity contribution in [3.05, 3.63) is 12.3 Å². The van der Waals surface area contributed by atoms with Gasteiger partial charge in [-0.15, -0.1) is 0 Å². The van der Waals surface area contributed by atoms with Crippen molar-refractivity contribution in [2.24, 2.45) is 5.92 Å². The highest BCUT2D eigenvalue weighted by atomic mass is 16.2. The van der Waals surface area contributed by atoms with Crippen LogP contribution in [0.2, 0.25) is 0 Å². The summed E-state index contributed by atoms with van der Waals surface area (Å²) < 4.78 is 1.88. The minimum Gasteiger partial charge on any atom is -0.297 e. The van der Waals surface area contributed by atoms with Crippen molar-refractivity contribution >= 4 is 11.7 Å². The van der Waals surface area contributed by atoms with Gasteiger partial charge < -0.3 is 0 Å². The van der Waals surface area contributed by atoms with E-state index in [2.05, 4.69) is 12.0 Å². The van der Waals surface area contributed by atoms with Crippen molar-refractivity contribution < 1.29 is 4.79 Å². The quantitative estimate of drug-likeness (QED) is 0.593. The molecule has 0 saturated heterocycles. The number of hydrogen-bond acceptors (Lipinski definition) is 2. The van der Waals surface area contributed by atoms with E-state index in [1.54, 1.807) is 18.0 Å². The van der Waals surface area contributed by atoms with Crippen LogP contribution in [0.1, 0.15) is 13.8 Å². The Bertz CT molecular complexity index is 331. The number of nitrogens with zero attached hydrogens (tertiary/aromatic N) is 3. The molecular formula is C9H13N3O. The molecule has 0 aliphatic carbocycles. The standard InChI is InChI=1S/C9H13N3O/c1-7-5-11(8(2)13)9-3-4-10-12(9)6-7/h3-4,7H,5-6H2,1-2H3. The summed E-state index contributed by atoms with van der Waals surface area (Å²) >= 11 is 0. The molecule has 13 heavy (non-hydrogen) atoms. The van der Waals surface area contributed by atoms with Gasteiger partial charge in [0, 0.05) is 26.1 Å². The maximum absolute atomic E-state index is 11.3. The molecule has 0 bridgehead atoms. The van der Waals surface area contributed by atoms with Gasteiger partial charge in [0.15, 0.2) is 0 Å². The van der Waals surface area contributed by atoms with E-state index in [0.29, 0.717) is 5.92 Å². The number of carbonyl (C=O) groups excluding carboxylic acids is 1. The summed E-state index contributed by atoms with van der Waals surface area (Å²) in [5.41, 5.74) is 0. The molecule has 1 aliphatic rings. The summed E-state index contributed by atoms with van der Waals surface area (Å²) in [6.07, 6.45) is 1.74. The molecule has 1 aromatic rings. The second kappa shape index (κ2) is 2.87. The van der Waals surface area contributed by atoms with E-state index < -0.39 is 0 Å². The fourth-order valence-corrected chi connectivity index (χ4v) is 1.74. The molecule has 0 saturated carbocycles. The summed E-state index contributed by atoms with van der Waals surface area (Å²) in [6.45, 7) is 5.43. The van der Waals surface area contributed by atoms with E-state index >= 15 is 0 Å². The highest BCUT2D eigenvalue weighted by Gasteiger charge is 2.24. The van der Waals surface area contributed by atoms with Gasteiger partial charge in [-0.2, -0.15) is 5.10 Å². The van der Waals surface area contributed by atoms with Crippen LogP contribution in [0.15, 0.2) is 12.3 Å². The lowest BCUT2D eigenvalue weighted by Gasteiger charge is -2.30. The van der Waals surface area contributed by atoms with E-state index in [-0.39, 0.29) is 5.91 Å². The molecule has 1 atom stereocenters. The summed E-state index contributed by atoms with van der Waals surface area (Å²) in [5.74, 6) is 1.50. The van der Waals surface area contributed by atoms with Crippen molar-refractivity contribution in [2.45, 2.75) is 20.4 Å². The van der Waals surface area contributed by atoms with Gasteiger partial charge >= 0.3 is 0 Å². The molecule has 0 fully saturated rings. The molecule has 70 valence electrons. The first kappa shape index (κ1) is 8.29. The fraction of sp³-hybridized carbons (Fsp3) is 0.556. The summed E-state index contributed by atoms with van der Waals surface area (Å²) in [4.78, 5) is 13.1. The Hall–Kier alpha value is -1.32. The fourth-order valence-electron chi connectivity index (χ4n) is 1.74. The topological polar surface area (TPSA) is 38.1 Å². The number of carbonyl (C=O) groups is 1. The van der Waals surface area contributed by atoms with Crippen molar-refractivity contribution in [1.29, 1.82) is 0 Å². The van der Waals surface area contributed by atoms with Crippen LogP contribution >= 0.6 is 0 Å². The lowest BCUT2D eigenvalue weighted by molar-refractivity contribution is -0.116. The molecule has 0 spiro atoms. The van der Waals surface area contributed by atoms with Crippen LogP contribution in [0, 0.1) is 5.92 Å². The third-order valence-electron chi connectivity index (χ3n) is 2.33. The average Bonchev–Trinajstić information content (AvgIpc) is 2.49. The molecule has 2 rings (SSSR count). The maximum atomic E-state index is 11.3. The van der Waals surface area contributed by atoms with Gasteiger partial charge in [0.05, 0.1) is 6.20 Å². The van der Waals surface area contributed by atoms with Gasteiger partial charge in [-0.05, 0) is 5.92 Å². The predicted octanol–water partition coefficient (Wildman–Crippen LogP) is 0.886. The summed E-state index contributed by atoms with van der Waals surface area (Å²) in [7, 11) is 0. The predicted molar refractivity (Wildman–Crippen MR) is 49.4 cm³/mol. The molecule has 1 aliphatic heterocycles. The molecule has 2 heterocycles. The molecule has 1 unspecified atom stereocenters. The Balaban J connectivity index is 2.38. The number of rotatable bonds is 0. The molecule has 0 aromatic carbocycles. The summed E-state index contributed by atoms with van der Waals surface area (Å²) in [5, 5.41) is 4.16. The van der Waals surface area contributed by atoms with Gasteiger partial charge in [-0.25, -0.2) is 4.68 Å². The van der Waals surface area contributed by atoms with Crippen molar-refractivity contribution in [3.8, 4) is 0 Å². The Morgan fingerprint density at radius 2 is 2.38 bits per heavy atom. The lowest BCUT2D eigenvalue weighted by Crippen LogP contribution is -2.40. The molecule has 0 N–H and O–H groups in total. The molecule has 0 radical (unpaired) electrons. The normalized spacial score (nSPS) is 21.4. The monoisotopic (exact) mass is 179 g/mol. The van der Waals surface area contributed by atoms with Crippen LogP contribution in [-0.4, -0.2) is 22.2 Å². The molecular weight excluding hydrogens is 166 g/mol. The highest BCUT2D eigenvalue weighted by Crippen LogP contribution is 2.22. The van der Waals surface area contributed by atoms with Gasteiger partial charge in [-0.1, -0.05) is 6.92 Å². The molecule has 1 aromatic heterocycles. The van der Waals surface area contributed by atoms with Crippen LogP contribution < -0.4 is 4.90 Å². The Morgan fingerprint density at radius 3 is 3.08 bits per heavy atom. The van der Waals surface area contributed by atoms with E-state index in [1.807, 2.05) is 10.7 Å². The second-order valence-electron chi connectivity index (χ2n) is 3.61. The van der Waals surface area contributed by atoms with Crippen LogP contribution in [0.25, 0.3) is 0 Å². The third kappa shape index (κ3) is 1.32. The van der Waals surface area contributed by atoms with Crippen LogP contribution in [0.4, 0.5) is 5.82 Å². The first-order chi connectivity index (χ1) is 6.18. The van der Waals surface area contributed by atoms with Crippen molar-refractivity contribution in [3.63, 3.8) is 0 Å². The summed E-state index contributed by atoms with van der Waals surface area (Å²) in [6, 6.07) is 1.88. The van der Waals surface area contributed by atoms with Crippen LogP contribution in [-0.2, 0) is 11.3 Å². The minimum absolute atomic E-state index is 0.0910. The molecule has 4 heteroatoms. The average molecular weight is 179 g/mol. The number of amides is 1. The van der Waals surface area contributed by atoms with Gasteiger partial charge in [0.25, 0.3) is 0 Å². The number of fused-ring (bicyclic) bond motifs is 1. The van der Waals surface area contributed by atoms with Gasteiger partial charge in [-0.3, -0.25) is 9.69 Å². The Kier molecular flexibility index (Phi) is 1.83. The zero-order chi connectivity index (χ0) is 9.42. The van der Waals surface area contributed by atoms with Crippen molar-refractivity contribution in [2.75, 3.05) is 11.4 Å². The molecule has 1 amide bonds. The SMILES string of the molecule is CC(=O)N1CC(C)Cn2nccc21. The van der Waals surface area contributed by atoms with Gasteiger partial charge in [0.1, 0.15) is 5.82 Å². The van der Waals surface area contributed by atoms with E-state index in [4.69, 9.17) is 0 Å². The number of anilines is 1. The van der Waals surface area contributed by atoms with E-state index in [0.717, 1.165) is 18.9 Å². The maximum Gasteiger partial charge on any atom is 0.225 e. The van der Waals surface area contributed by atoms with Crippen LogP contribution in [0.5, 0.6) is 0 Å².